The molecule has 0 radical (unpaired) electrons. The SMILES string of the molecule is Cl.O=C(Nc1ccccc1)c1cn2cc(-c3cnc[nH]3)ccc2n1. The van der Waals surface area contributed by atoms with E-state index in [1.165, 1.54) is 0 Å². The van der Waals surface area contributed by atoms with Gasteiger partial charge in [0.25, 0.3) is 5.91 Å². The zero-order chi connectivity index (χ0) is 15.6. The highest BCUT2D eigenvalue weighted by molar-refractivity contribution is 6.03. The van der Waals surface area contributed by atoms with E-state index >= 15 is 0 Å². The zero-order valence-corrected chi connectivity index (χ0v) is 13.3. The lowest BCUT2D eigenvalue weighted by atomic mass is 10.2. The number of H-pyrrole nitrogens is 1. The second-order valence-corrected chi connectivity index (χ2v) is 5.09. The van der Waals surface area contributed by atoms with Gasteiger partial charge in [0.15, 0.2) is 0 Å². The van der Waals surface area contributed by atoms with Gasteiger partial charge in [-0.05, 0) is 24.3 Å². The fourth-order valence-electron chi connectivity index (χ4n) is 2.39. The van der Waals surface area contributed by atoms with Crippen LogP contribution in [0.1, 0.15) is 10.5 Å². The van der Waals surface area contributed by atoms with E-state index in [0.29, 0.717) is 11.3 Å². The average molecular weight is 340 g/mol. The summed E-state index contributed by atoms with van der Waals surface area (Å²) in [5.74, 6) is -0.233. The van der Waals surface area contributed by atoms with Gasteiger partial charge in [0.1, 0.15) is 11.3 Å². The average Bonchev–Trinajstić information content (AvgIpc) is 3.24. The summed E-state index contributed by atoms with van der Waals surface area (Å²) in [7, 11) is 0. The molecule has 0 aliphatic carbocycles. The van der Waals surface area contributed by atoms with Crippen LogP contribution < -0.4 is 5.32 Å². The van der Waals surface area contributed by atoms with Gasteiger partial charge in [0.2, 0.25) is 0 Å². The number of rotatable bonds is 3. The Morgan fingerprint density at radius 3 is 2.67 bits per heavy atom. The summed E-state index contributed by atoms with van der Waals surface area (Å²) < 4.78 is 1.83. The van der Waals surface area contributed by atoms with E-state index in [0.717, 1.165) is 16.9 Å². The molecule has 0 saturated carbocycles. The summed E-state index contributed by atoms with van der Waals surface area (Å²) in [6.45, 7) is 0. The quantitative estimate of drug-likeness (QED) is 0.600. The van der Waals surface area contributed by atoms with Crippen LogP contribution in [0.2, 0.25) is 0 Å². The Labute approximate surface area is 144 Å². The van der Waals surface area contributed by atoms with Gasteiger partial charge in [0.05, 0.1) is 18.2 Å². The van der Waals surface area contributed by atoms with E-state index in [2.05, 4.69) is 20.3 Å². The van der Waals surface area contributed by atoms with E-state index in [9.17, 15) is 4.79 Å². The molecule has 0 saturated heterocycles. The van der Waals surface area contributed by atoms with Crippen molar-refractivity contribution in [3.05, 3.63) is 73.1 Å². The van der Waals surface area contributed by atoms with Gasteiger partial charge in [-0.1, -0.05) is 18.2 Å². The lowest BCUT2D eigenvalue weighted by Crippen LogP contribution is -2.11. The number of aromatic amines is 1. The minimum Gasteiger partial charge on any atom is -0.345 e. The van der Waals surface area contributed by atoms with E-state index in [1.807, 2.05) is 53.1 Å². The van der Waals surface area contributed by atoms with E-state index in [1.54, 1.807) is 18.7 Å². The number of anilines is 1. The molecule has 0 fully saturated rings. The summed E-state index contributed by atoms with van der Waals surface area (Å²) in [5, 5.41) is 2.83. The van der Waals surface area contributed by atoms with Crippen molar-refractivity contribution in [1.29, 1.82) is 0 Å². The minimum absolute atomic E-state index is 0. The Kier molecular flexibility index (Phi) is 4.31. The van der Waals surface area contributed by atoms with Crippen molar-refractivity contribution in [2.45, 2.75) is 0 Å². The van der Waals surface area contributed by atoms with Crippen LogP contribution in [-0.2, 0) is 0 Å². The number of fused-ring (bicyclic) bond motifs is 1. The van der Waals surface area contributed by atoms with Crippen LogP contribution in [0.25, 0.3) is 16.9 Å². The molecule has 2 N–H and O–H groups in total. The van der Waals surface area contributed by atoms with Crippen molar-refractivity contribution in [3.8, 4) is 11.3 Å². The highest BCUT2D eigenvalue weighted by atomic mass is 35.5. The third-order valence-corrected chi connectivity index (χ3v) is 3.52. The van der Waals surface area contributed by atoms with Crippen molar-refractivity contribution in [3.63, 3.8) is 0 Å². The van der Waals surface area contributed by atoms with Crippen LogP contribution >= 0.6 is 12.4 Å². The van der Waals surface area contributed by atoms with Gasteiger partial charge >= 0.3 is 0 Å². The third kappa shape index (κ3) is 3.00. The number of nitrogens with one attached hydrogen (secondary N) is 2. The van der Waals surface area contributed by atoms with Gasteiger partial charge in [0, 0.05) is 23.6 Å². The van der Waals surface area contributed by atoms with E-state index in [4.69, 9.17) is 0 Å². The number of benzene rings is 1. The molecule has 0 aliphatic rings. The van der Waals surface area contributed by atoms with Crippen molar-refractivity contribution in [1.82, 2.24) is 19.4 Å². The Bertz CT molecular complexity index is 963. The fourth-order valence-corrected chi connectivity index (χ4v) is 2.39. The zero-order valence-electron chi connectivity index (χ0n) is 12.5. The van der Waals surface area contributed by atoms with Gasteiger partial charge in [-0.2, -0.15) is 0 Å². The highest BCUT2D eigenvalue weighted by Gasteiger charge is 2.11. The predicted molar refractivity (Wildman–Crippen MR) is 94.4 cm³/mol. The molecular formula is C17H14ClN5O. The summed E-state index contributed by atoms with van der Waals surface area (Å²) in [6.07, 6.45) is 7.01. The smallest absolute Gasteiger partial charge is 0.275 e. The molecule has 0 aliphatic heterocycles. The molecule has 0 bridgehead atoms. The fraction of sp³-hybridized carbons (Fsp3) is 0. The summed E-state index contributed by atoms with van der Waals surface area (Å²) >= 11 is 0. The van der Waals surface area contributed by atoms with Crippen LogP contribution in [0.3, 0.4) is 0 Å². The molecule has 0 atom stereocenters. The first-order chi connectivity index (χ1) is 11.3. The lowest BCUT2D eigenvalue weighted by molar-refractivity contribution is 0.102. The van der Waals surface area contributed by atoms with Crippen molar-refractivity contribution >= 4 is 29.6 Å². The number of hydrogen-bond donors (Lipinski definition) is 2. The number of halogens is 1. The molecule has 3 aromatic heterocycles. The predicted octanol–water partition coefficient (Wildman–Crippen LogP) is 3.40. The maximum Gasteiger partial charge on any atom is 0.275 e. The number of carbonyl (C=O) groups excluding carboxylic acids is 1. The molecule has 120 valence electrons. The summed E-state index contributed by atoms with van der Waals surface area (Å²) in [4.78, 5) is 23.7. The topological polar surface area (TPSA) is 75.1 Å². The van der Waals surface area contributed by atoms with Gasteiger partial charge in [-0.15, -0.1) is 12.4 Å². The maximum absolute atomic E-state index is 12.3. The molecule has 4 aromatic rings. The molecule has 0 spiro atoms. The van der Waals surface area contributed by atoms with Gasteiger partial charge in [-0.3, -0.25) is 4.79 Å². The van der Waals surface area contributed by atoms with Crippen LogP contribution in [0.5, 0.6) is 0 Å². The molecule has 4 rings (SSSR count). The number of pyridine rings is 1. The summed E-state index contributed by atoms with van der Waals surface area (Å²) in [5.41, 5.74) is 3.72. The number of amides is 1. The van der Waals surface area contributed by atoms with Crippen LogP contribution in [-0.4, -0.2) is 25.3 Å². The normalized spacial score (nSPS) is 10.3. The van der Waals surface area contributed by atoms with Crippen LogP contribution in [0.4, 0.5) is 5.69 Å². The lowest BCUT2D eigenvalue weighted by Gasteiger charge is -2.01. The van der Waals surface area contributed by atoms with E-state index in [-0.39, 0.29) is 18.3 Å². The first kappa shape index (κ1) is 15.8. The van der Waals surface area contributed by atoms with Gasteiger partial charge < -0.3 is 14.7 Å². The minimum atomic E-state index is -0.233. The van der Waals surface area contributed by atoms with Gasteiger partial charge in [-0.25, -0.2) is 9.97 Å². The second-order valence-electron chi connectivity index (χ2n) is 5.09. The number of carbonyl (C=O) groups is 1. The number of nitrogens with zero attached hydrogens (tertiary/aromatic N) is 3. The first-order valence-electron chi connectivity index (χ1n) is 7.13. The number of imidazole rings is 2. The molecule has 3 heterocycles. The maximum atomic E-state index is 12.3. The molecule has 0 unspecified atom stereocenters. The Balaban J connectivity index is 0.00000169. The van der Waals surface area contributed by atoms with Crippen LogP contribution in [0.15, 0.2) is 67.4 Å². The monoisotopic (exact) mass is 339 g/mol. The largest absolute Gasteiger partial charge is 0.345 e. The van der Waals surface area contributed by atoms with Crippen molar-refractivity contribution < 1.29 is 4.79 Å². The molecule has 6 nitrogen and oxygen atoms in total. The number of aromatic nitrogens is 4. The van der Waals surface area contributed by atoms with Crippen LogP contribution in [0, 0.1) is 0 Å². The summed E-state index contributed by atoms with van der Waals surface area (Å²) in [6, 6.07) is 13.1. The standard InChI is InChI=1S/C17H13N5O.ClH/c23-17(20-13-4-2-1-3-5-13)15-10-22-9-12(6-7-16(22)21-15)14-8-18-11-19-14;/h1-11H,(H,18,19)(H,20,23);1H. The second kappa shape index (κ2) is 6.55. The third-order valence-electron chi connectivity index (χ3n) is 3.52. The van der Waals surface area contributed by atoms with Crippen molar-refractivity contribution in [2.75, 3.05) is 5.32 Å². The Hall–Kier alpha value is -3.12. The van der Waals surface area contributed by atoms with Crippen molar-refractivity contribution in [2.24, 2.45) is 0 Å². The van der Waals surface area contributed by atoms with E-state index < -0.39 is 0 Å². The molecule has 1 aromatic carbocycles. The molecular weight excluding hydrogens is 326 g/mol. The highest BCUT2D eigenvalue weighted by Crippen LogP contribution is 2.17. The molecule has 1 amide bonds. The Morgan fingerprint density at radius 2 is 1.92 bits per heavy atom. The molecule has 7 heteroatoms. The first-order valence-corrected chi connectivity index (χ1v) is 7.13. The Morgan fingerprint density at radius 1 is 1.08 bits per heavy atom. The number of para-hydroxylation sites is 1. The number of hydrogen-bond acceptors (Lipinski definition) is 3. The molecule has 24 heavy (non-hydrogen) atoms.